The molecule has 4 nitrogen and oxygen atoms in total. The van der Waals surface area contributed by atoms with Crippen LogP contribution in [0.25, 0.3) is 0 Å². The quantitative estimate of drug-likeness (QED) is 0.807. The first-order chi connectivity index (χ1) is 7.59. The van der Waals surface area contributed by atoms with Crippen LogP contribution in [0.1, 0.15) is 26.2 Å². The summed E-state index contributed by atoms with van der Waals surface area (Å²) in [6, 6.07) is 0.480. The van der Waals surface area contributed by atoms with Crippen molar-refractivity contribution in [2.45, 2.75) is 38.3 Å². The molecule has 0 aliphatic carbocycles. The second-order valence-electron chi connectivity index (χ2n) is 4.41. The second kappa shape index (κ2) is 4.96. The maximum atomic E-state index is 11.5. The molecule has 0 saturated carbocycles. The van der Waals surface area contributed by atoms with Crippen LogP contribution >= 0.6 is 11.8 Å². The van der Waals surface area contributed by atoms with Crippen LogP contribution in [0.3, 0.4) is 0 Å². The van der Waals surface area contributed by atoms with Gasteiger partial charge in [0, 0.05) is 11.8 Å². The van der Waals surface area contributed by atoms with Crippen molar-refractivity contribution >= 4 is 26.8 Å². The summed E-state index contributed by atoms with van der Waals surface area (Å²) >= 11 is 1.71. The van der Waals surface area contributed by atoms with Gasteiger partial charge >= 0.3 is 0 Å². The molecule has 0 spiro atoms. The van der Waals surface area contributed by atoms with Crippen LogP contribution in [-0.2, 0) is 9.84 Å². The first-order valence-electron chi connectivity index (χ1n) is 5.76. The monoisotopic (exact) mass is 262 g/mol. The Labute approximate surface area is 101 Å². The molecule has 1 N–H and O–H groups in total. The molecule has 2 atom stereocenters. The fourth-order valence-corrected chi connectivity index (χ4v) is 4.79. The van der Waals surface area contributed by atoms with Crippen molar-refractivity contribution < 1.29 is 8.42 Å². The van der Waals surface area contributed by atoms with Gasteiger partial charge in [0.1, 0.15) is 0 Å². The van der Waals surface area contributed by atoms with Gasteiger partial charge in [-0.25, -0.2) is 8.42 Å². The fourth-order valence-electron chi connectivity index (χ4n) is 2.01. The Balaban J connectivity index is 1.91. The summed E-state index contributed by atoms with van der Waals surface area (Å²) in [4.78, 5) is 4.52. The van der Waals surface area contributed by atoms with Crippen LogP contribution in [0.5, 0.6) is 0 Å². The minimum atomic E-state index is -2.82. The van der Waals surface area contributed by atoms with E-state index in [1.165, 1.54) is 0 Å². The molecule has 2 aliphatic heterocycles. The molecule has 2 rings (SSSR count). The number of hydrogen-bond acceptors (Lipinski definition) is 5. The van der Waals surface area contributed by atoms with Crippen molar-refractivity contribution in [3.05, 3.63) is 0 Å². The van der Waals surface area contributed by atoms with Crippen LogP contribution in [-0.4, -0.2) is 42.9 Å². The Morgan fingerprint density at radius 3 is 3.00 bits per heavy atom. The molecule has 0 aromatic carbocycles. The van der Waals surface area contributed by atoms with E-state index in [0.717, 1.165) is 30.2 Å². The van der Waals surface area contributed by atoms with Crippen molar-refractivity contribution in [1.82, 2.24) is 5.32 Å². The molecule has 2 heterocycles. The number of aliphatic imine (C=N–C) groups is 1. The lowest BCUT2D eigenvalue weighted by Crippen LogP contribution is -2.41. The zero-order chi connectivity index (χ0) is 11.6. The van der Waals surface area contributed by atoms with E-state index in [-0.39, 0.29) is 11.8 Å². The predicted molar refractivity (Wildman–Crippen MR) is 68.8 cm³/mol. The zero-order valence-electron chi connectivity index (χ0n) is 9.48. The average Bonchev–Trinajstić information content (AvgIpc) is 2.64. The van der Waals surface area contributed by atoms with Gasteiger partial charge in [-0.05, 0) is 19.3 Å². The van der Waals surface area contributed by atoms with Crippen LogP contribution in [0.15, 0.2) is 4.99 Å². The molecule has 0 radical (unpaired) electrons. The molecule has 1 saturated heterocycles. The Morgan fingerprint density at radius 2 is 2.38 bits per heavy atom. The van der Waals surface area contributed by atoms with Crippen LogP contribution in [0.2, 0.25) is 0 Å². The molecule has 1 fully saturated rings. The van der Waals surface area contributed by atoms with Gasteiger partial charge < -0.3 is 5.32 Å². The van der Waals surface area contributed by atoms with Crippen LogP contribution in [0, 0.1) is 0 Å². The first-order valence-corrected chi connectivity index (χ1v) is 8.57. The molecule has 2 unspecified atom stereocenters. The van der Waals surface area contributed by atoms with E-state index in [4.69, 9.17) is 0 Å². The van der Waals surface area contributed by atoms with E-state index in [0.29, 0.717) is 11.8 Å². The molecule has 0 amide bonds. The smallest absolute Gasteiger partial charge is 0.157 e. The first kappa shape index (κ1) is 12.2. The number of sulfone groups is 1. The van der Waals surface area contributed by atoms with E-state index in [9.17, 15) is 8.42 Å². The maximum Gasteiger partial charge on any atom is 0.157 e. The lowest BCUT2D eigenvalue weighted by atomic mass is 10.2. The van der Waals surface area contributed by atoms with E-state index in [1.54, 1.807) is 11.8 Å². The Kier molecular flexibility index (Phi) is 3.79. The summed E-state index contributed by atoms with van der Waals surface area (Å²) < 4.78 is 22.9. The van der Waals surface area contributed by atoms with Crippen molar-refractivity contribution in [1.29, 1.82) is 0 Å². The molecule has 0 bridgehead atoms. The third-order valence-corrected chi connectivity index (χ3v) is 5.84. The van der Waals surface area contributed by atoms with Gasteiger partial charge in [-0.15, -0.1) is 0 Å². The zero-order valence-corrected chi connectivity index (χ0v) is 11.1. The Bertz CT molecular complexity index is 378. The molecule has 0 aromatic rings. The summed E-state index contributed by atoms with van der Waals surface area (Å²) in [5, 5.41) is 4.21. The van der Waals surface area contributed by atoms with Gasteiger partial charge in [0.2, 0.25) is 0 Å². The average molecular weight is 262 g/mol. The minimum absolute atomic E-state index is 0.0700. The molecule has 92 valence electrons. The molecular weight excluding hydrogens is 244 g/mol. The van der Waals surface area contributed by atoms with Gasteiger partial charge in [0.15, 0.2) is 15.0 Å². The summed E-state index contributed by atoms with van der Waals surface area (Å²) in [6.07, 6.45) is 2.77. The number of amidine groups is 1. The number of thioether (sulfide) groups is 1. The molecule has 6 heteroatoms. The SMILES string of the molecule is CCC1CSC(NC2CCCS(=O)(=O)C2)=N1. The Hall–Kier alpha value is -0.230. The summed E-state index contributed by atoms with van der Waals surface area (Å²) in [5.74, 6) is 1.64. The third kappa shape index (κ3) is 3.13. The van der Waals surface area contributed by atoms with E-state index >= 15 is 0 Å². The summed E-state index contributed by atoms with van der Waals surface area (Å²) in [6.45, 7) is 2.13. The highest BCUT2D eigenvalue weighted by atomic mass is 32.2. The maximum absolute atomic E-state index is 11.5. The van der Waals surface area contributed by atoms with E-state index < -0.39 is 9.84 Å². The van der Waals surface area contributed by atoms with E-state index in [2.05, 4.69) is 17.2 Å². The summed E-state index contributed by atoms with van der Waals surface area (Å²) in [5.41, 5.74) is 0. The number of rotatable bonds is 2. The standard InChI is InChI=1S/C10H18N2O2S2/c1-2-8-6-15-10(11-8)12-9-4-3-5-16(13,14)7-9/h8-9H,2-7H2,1H3,(H,11,12). The molecule has 2 aliphatic rings. The van der Waals surface area contributed by atoms with Gasteiger partial charge in [0.25, 0.3) is 0 Å². The fraction of sp³-hybridized carbons (Fsp3) is 0.900. The van der Waals surface area contributed by atoms with Gasteiger partial charge in [0.05, 0.1) is 17.5 Å². The van der Waals surface area contributed by atoms with Gasteiger partial charge in [-0.2, -0.15) is 0 Å². The van der Waals surface area contributed by atoms with Crippen LogP contribution in [0.4, 0.5) is 0 Å². The summed E-state index contributed by atoms with van der Waals surface area (Å²) in [7, 11) is -2.82. The van der Waals surface area contributed by atoms with Crippen LogP contribution < -0.4 is 5.32 Å². The topological polar surface area (TPSA) is 58.5 Å². The second-order valence-corrected chi connectivity index (χ2v) is 7.64. The lowest BCUT2D eigenvalue weighted by Gasteiger charge is -2.23. The molecular formula is C10H18N2O2S2. The van der Waals surface area contributed by atoms with Gasteiger partial charge in [-0.3, -0.25) is 4.99 Å². The van der Waals surface area contributed by atoms with Crippen molar-refractivity contribution in [2.75, 3.05) is 17.3 Å². The normalized spacial score (nSPS) is 33.4. The molecule has 0 aromatic heterocycles. The highest BCUT2D eigenvalue weighted by Gasteiger charge is 2.27. The Morgan fingerprint density at radius 1 is 1.56 bits per heavy atom. The lowest BCUT2D eigenvalue weighted by molar-refractivity contribution is 0.532. The predicted octanol–water partition coefficient (Wildman–Crippen LogP) is 1.03. The van der Waals surface area contributed by atoms with Crippen molar-refractivity contribution in [3.63, 3.8) is 0 Å². The number of hydrogen-bond donors (Lipinski definition) is 1. The van der Waals surface area contributed by atoms with Crippen molar-refractivity contribution in [2.24, 2.45) is 4.99 Å². The van der Waals surface area contributed by atoms with Crippen molar-refractivity contribution in [3.8, 4) is 0 Å². The minimum Gasteiger partial charge on any atom is -0.361 e. The largest absolute Gasteiger partial charge is 0.361 e. The van der Waals surface area contributed by atoms with E-state index in [1.807, 2.05) is 0 Å². The highest BCUT2D eigenvalue weighted by molar-refractivity contribution is 8.14. The highest BCUT2D eigenvalue weighted by Crippen LogP contribution is 2.20. The third-order valence-electron chi connectivity index (χ3n) is 2.97. The molecule has 16 heavy (non-hydrogen) atoms. The number of nitrogens with one attached hydrogen (secondary N) is 1. The number of nitrogens with zero attached hydrogens (tertiary/aromatic N) is 1. The van der Waals surface area contributed by atoms with Gasteiger partial charge in [-0.1, -0.05) is 18.7 Å².